The van der Waals surface area contributed by atoms with Crippen molar-refractivity contribution in [2.24, 2.45) is 5.84 Å². The Bertz CT molecular complexity index is 221. The Morgan fingerprint density at radius 3 is 2.73 bits per heavy atom. The molecule has 1 aromatic rings. The van der Waals surface area contributed by atoms with E-state index in [2.05, 4.69) is 10.7 Å². The van der Waals surface area contributed by atoms with Crippen molar-refractivity contribution in [2.45, 2.75) is 6.17 Å². The first kappa shape index (κ1) is 8.96. The second-order valence-corrected chi connectivity index (χ2v) is 3.78. The number of halogens is 1. The van der Waals surface area contributed by atoms with Crippen molar-refractivity contribution in [3.05, 3.63) is 21.3 Å². The van der Waals surface area contributed by atoms with Crippen LogP contribution in [0, 0.1) is 0 Å². The van der Waals surface area contributed by atoms with Gasteiger partial charge in [0.05, 0.1) is 4.34 Å². The monoisotopic (exact) mass is 191 g/mol. The van der Waals surface area contributed by atoms with Gasteiger partial charge in [0.25, 0.3) is 0 Å². The van der Waals surface area contributed by atoms with Gasteiger partial charge in [0, 0.05) is 4.88 Å². The summed E-state index contributed by atoms with van der Waals surface area (Å²) in [4.78, 5) is 1.08. The maximum atomic E-state index is 5.74. The number of thiophene rings is 1. The largest absolute Gasteiger partial charge is 0.300 e. The molecule has 5 heteroatoms. The summed E-state index contributed by atoms with van der Waals surface area (Å²) in [6, 6.07) is 3.79. The Morgan fingerprint density at radius 1 is 1.64 bits per heavy atom. The summed E-state index contributed by atoms with van der Waals surface area (Å²) in [6.45, 7) is 0. The number of rotatable bonds is 3. The highest BCUT2D eigenvalue weighted by atomic mass is 35.5. The van der Waals surface area contributed by atoms with E-state index in [-0.39, 0.29) is 6.17 Å². The minimum atomic E-state index is -0.00694. The van der Waals surface area contributed by atoms with Gasteiger partial charge in [-0.05, 0) is 19.2 Å². The molecule has 1 heterocycles. The zero-order valence-electron chi connectivity index (χ0n) is 6.10. The summed E-state index contributed by atoms with van der Waals surface area (Å²) in [5.41, 5.74) is 2.62. The third-order valence-corrected chi connectivity index (χ3v) is 2.63. The molecule has 0 aliphatic rings. The highest BCUT2D eigenvalue weighted by Gasteiger charge is 2.07. The first-order valence-corrected chi connectivity index (χ1v) is 4.36. The highest BCUT2D eigenvalue weighted by molar-refractivity contribution is 7.16. The number of nitrogens with two attached hydrogens (primary N) is 1. The van der Waals surface area contributed by atoms with Gasteiger partial charge < -0.3 is 0 Å². The molecule has 0 aromatic carbocycles. The van der Waals surface area contributed by atoms with E-state index in [1.165, 1.54) is 11.3 Å². The minimum Gasteiger partial charge on any atom is -0.300 e. The molecule has 1 atom stereocenters. The van der Waals surface area contributed by atoms with Crippen LogP contribution in [0.15, 0.2) is 12.1 Å². The minimum absolute atomic E-state index is 0.00694. The molecular weight excluding hydrogens is 182 g/mol. The van der Waals surface area contributed by atoms with Gasteiger partial charge in [-0.25, -0.2) is 5.43 Å². The molecule has 0 amide bonds. The second kappa shape index (κ2) is 4.04. The summed E-state index contributed by atoms with van der Waals surface area (Å²) >= 11 is 7.25. The second-order valence-electron chi connectivity index (χ2n) is 2.03. The maximum Gasteiger partial charge on any atom is 0.105 e. The topological polar surface area (TPSA) is 50.1 Å². The maximum absolute atomic E-state index is 5.74. The molecule has 1 rings (SSSR count). The standard InChI is InChI=1S/C6H10ClN3S/c1-9-6(10-8)4-2-3-5(7)11-4/h2-3,6,9-10H,8H2,1H3. The summed E-state index contributed by atoms with van der Waals surface area (Å²) in [6.07, 6.45) is -0.00694. The third-order valence-electron chi connectivity index (χ3n) is 1.33. The fraction of sp³-hybridized carbons (Fsp3) is 0.333. The molecule has 0 aliphatic heterocycles. The zero-order chi connectivity index (χ0) is 8.27. The Morgan fingerprint density at radius 2 is 2.36 bits per heavy atom. The third kappa shape index (κ3) is 2.15. The van der Waals surface area contributed by atoms with Crippen LogP contribution in [0.1, 0.15) is 11.0 Å². The van der Waals surface area contributed by atoms with Gasteiger partial charge in [-0.2, -0.15) is 0 Å². The number of hydrogen-bond donors (Lipinski definition) is 3. The van der Waals surface area contributed by atoms with Gasteiger partial charge in [-0.3, -0.25) is 11.2 Å². The van der Waals surface area contributed by atoms with Crippen LogP contribution < -0.4 is 16.6 Å². The molecule has 4 N–H and O–H groups in total. The fourth-order valence-corrected chi connectivity index (χ4v) is 1.92. The van der Waals surface area contributed by atoms with Crippen LogP contribution in [0.3, 0.4) is 0 Å². The summed E-state index contributed by atoms with van der Waals surface area (Å²) in [5.74, 6) is 5.28. The molecule has 0 fully saturated rings. The normalized spacial score (nSPS) is 13.4. The Labute approximate surface area is 74.5 Å². The molecular formula is C6H10ClN3S. The predicted molar refractivity (Wildman–Crippen MR) is 48.5 cm³/mol. The summed E-state index contributed by atoms with van der Waals surface area (Å²) < 4.78 is 0.774. The van der Waals surface area contributed by atoms with E-state index in [1.54, 1.807) is 0 Å². The van der Waals surface area contributed by atoms with Crippen molar-refractivity contribution >= 4 is 22.9 Å². The lowest BCUT2D eigenvalue weighted by Gasteiger charge is -2.11. The first-order chi connectivity index (χ1) is 5.27. The molecule has 11 heavy (non-hydrogen) atoms. The van der Waals surface area contributed by atoms with Gasteiger partial charge in [0.1, 0.15) is 6.17 Å². The van der Waals surface area contributed by atoms with E-state index < -0.39 is 0 Å². The van der Waals surface area contributed by atoms with Crippen LogP contribution in [0.25, 0.3) is 0 Å². The van der Waals surface area contributed by atoms with Crippen LogP contribution in [0.4, 0.5) is 0 Å². The Balaban J connectivity index is 2.73. The van der Waals surface area contributed by atoms with E-state index in [1.807, 2.05) is 19.2 Å². The SMILES string of the molecule is CNC(NN)c1ccc(Cl)s1. The predicted octanol–water partition coefficient (Wildman–Crippen LogP) is 1.08. The summed E-state index contributed by atoms with van der Waals surface area (Å²) in [7, 11) is 1.83. The van der Waals surface area contributed by atoms with Gasteiger partial charge in [0.15, 0.2) is 0 Å². The molecule has 0 radical (unpaired) electrons. The molecule has 0 spiro atoms. The fourth-order valence-electron chi connectivity index (χ4n) is 0.791. The lowest BCUT2D eigenvalue weighted by Crippen LogP contribution is -2.35. The van der Waals surface area contributed by atoms with Gasteiger partial charge in [-0.15, -0.1) is 11.3 Å². The average Bonchev–Trinajstić information content (AvgIpc) is 2.39. The first-order valence-electron chi connectivity index (χ1n) is 3.16. The van der Waals surface area contributed by atoms with Crippen molar-refractivity contribution < 1.29 is 0 Å². The van der Waals surface area contributed by atoms with Crippen LogP contribution in [-0.4, -0.2) is 7.05 Å². The van der Waals surface area contributed by atoms with E-state index in [0.29, 0.717) is 0 Å². The van der Waals surface area contributed by atoms with Gasteiger partial charge in [0.2, 0.25) is 0 Å². The molecule has 0 saturated heterocycles. The lowest BCUT2D eigenvalue weighted by molar-refractivity contribution is 0.496. The van der Waals surface area contributed by atoms with Crippen LogP contribution in [0.5, 0.6) is 0 Å². The highest BCUT2D eigenvalue weighted by Crippen LogP contribution is 2.24. The van der Waals surface area contributed by atoms with Crippen molar-refractivity contribution in [3.8, 4) is 0 Å². The van der Waals surface area contributed by atoms with Crippen LogP contribution in [0.2, 0.25) is 4.34 Å². The van der Waals surface area contributed by atoms with Gasteiger partial charge >= 0.3 is 0 Å². The number of hydrazine groups is 1. The van der Waals surface area contributed by atoms with E-state index in [0.717, 1.165) is 9.21 Å². The van der Waals surface area contributed by atoms with E-state index in [9.17, 15) is 0 Å². The smallest absolute Gasteiger partial charge is 0.105 e. The zero-order valence-corrected chi connectivity index (χ0v) is 7.67. The van der Waals surface area contributed by atoms with Gasteiger partial charge in [-0.1, -0.05) is 11.6 Å². The van der Waals surface area contributed by atoms with E-state index in [4.69, 9.17) is 17.4 Å². The molecule has 1 aromatic heterocycles. The molecule has 3 nitrogen and oxygen atoms in total. The molecule has 1 unspecified atom stereocenters. The molecule has 0 saturated carbocycles. The molecule has 62 valence electrons. The van der Waals surface area contributed by atoms with Crippen molar-refractivity contribution in [1.82, 2.24) is 10.7 Å². The van der Waals surface area contributed by atoms with E-state index >= 15 is 0 Å². The molecule has 0 bridgehead atoms. The van der Waals surface area contributed by atoms with Crippen LogP contribution >= 0.6 is 22.9 Å². The summed E-state index contributed by atoms with van der Waals surface area (Å²) in [5, 5.41) is 3.00. The van der Waals surface area contributed by atoms with Crippen molar-refractivity contribution in [1.29, 1.82) is 0 Å². The number of hydrogen-bond acceptors (Lipinski definition) is 4. The lowest BCUT2D eigenvalue weighted by atomic mass is 10.4. The van der Waals surface area contributed by atoms with Crippen LogP contribution in [-0.2, 0) is 0 Å². The number of nitrogens with one attached hydrogen (secondary N) is 2. The van der Waals surface area contributed by atoms with Crippen molar-refractivity contribution in [2.75, 3.05) is 7.05 Å². The molecule has 0 aliphatic carbocycles. The van der Waals surface area contributed by atoms with Crippen molar-refractivity contribution in [3.63, 3.8) is 0 Å². The Kier molecular flexibility index (Phi) is 3.29. The average molecular weight is 192 g/mol. The Hall–Kier alpha value is -0.130. The quantitative estimate of drug-likeness (QED) is 0.381.